The Morgan fingerprint density at radius 2 is 2.00 bits per heavy atom. The van der Waals surface area contributed by atoms with Crippen LogP contribution in [0.4, 0.5) is 4.39 Å². The van der Waals surface area contributed by atoms with Gasteiger partial charge in [0.15, 0.2) is 0 Å². The highest BCUT2D eigenvalue weighted by molar-refractivity contribution is 5.87. The van der Waals surface area contributed by atoms with Crippen LogP contribution in [0.2, 0.25) is 0 Å². The van der Waals surface area contributed by atoms with Crippen molar-refractivity contribution in [2.24, 2.45) is 7.05 Å². The lowest BCUT2D eigenvalue weighted by Gasteiger charge is -2.30. The summed E-state index contributed by atoms with van der Waals surface area (Å²) in [5.74, 6) is -0.568. The van der Waals surface area contributed by atoms with Crippen LogP contribution in [0.25, 0.3) is 33.4 Å². The van der Waals surface area contributed by atoms with Gasteiger partial charge in [-0.1, -0.05) is 12.1 Å². The molecule has 0 aliphatic carbocycles. The molecule has 166 valence electrons. The maximum absolute atomic E-state index is 14.5. The van der Waals surface area contributed by atoms with Crippen molar-refractivity contribution in [3.8, 4) is 28.6 Å². The zero-order chi connectivity index (χ0) is 22.9. The van der Waals surface area contributed by atoms with Crippen LogP contribution in [0.1, 0.15) is 30.1 Å². The van der Waals surface area contributed by atoms with Gasteiger partial charge in [-0.25, -0.2) is 9.37 Å². The molecule has 2 aromatic carbocycles. The fraction of sp³-hybridized carbons (Fsp3) is 0.280. The molecule has 1 saturated heterocycles. The molecule has 0 radical (unpaired) electrons. The maximum atomic E-state index is 14.5. The highest BCUT2D eigenvalue weighted by Gasteiger charge is 2.24. The van der Waals surface area contributed by atoms with Gasteiger partial charge in [0.25, 0.3) is 0 Å². The Balaban J connectivity index is 1.64. The number of fused-ring (bicyclic) bond motifs is 1. The number of benzene rings is 2. The van der Waals surface area contributed by atoms with E-state index in [0.717, 1.165) is 41.5 Å². The molecule has 0 bridgehead atoms. The van der Waals surface area contributed by atoms with E-state index in [2.05, 4.69) is 15.7 Å². The summed E-state index contributed by atoms with van der Waals surface area (Å²) in [7, 11) is 3.86. The first-order chi connectivity index (χ1) is 16.1. The number of nitrogens with one attached hydrogen (secondary N) is 2. The van der Waals surface area contributed by atoms with Crippen LogP contribution in [0, 0.1) is 17.1 Å². The van der Waals surface area contributed by atoms with Gasteiger partial charge < -0.3 is 10.6 Å². The van der Waals surface area contributed by atoms with Crippen molar-refractivity contribution < 1.29 is 4.39 Å². The first kappa shape index (κ1) is 21.2. The third-order valence-electron chi connectivity index (χ3n) is 6.22. The quantitative estimate of drug-likeness (QED) is 0.502. The number of halogens is 1. The number of nitrogens with zero attached hydrogens (tertiary/aromatic N) is 5. The molecule has 0 amide bonds. The summed E-state index contributed by atoms with van der Waals surface area (Å²) in [6.07, 6.45) is 5.71. The molecule has 1 fully saturated rings. The van der Waals surface area contributed by atoms with E-state index in [1.807, 2.05) is 50.8 Å². The molecule has 0 saturated carbocycles. The number of rotatable bonds is 4. The van der Waals surface area contributed by atoms with E-state index in [1.165, 1.54) is 12.1 Å². The molecule has 1 aliphatic rings. The van der Waals surface area contributed by atoms with Crippen molar-refractivity contribution in [3.05, 3.63) is 65.9 Å². The Morgan fingerprint density at radius 1 is 1.18 bits per heavy atom. The van der Waals surface area contributed by atoms with E-state index in [0.29, 0.717) is 23.0 Å². The summed E-state index contributed by atoms with van der Waals surface area (Å²) in [6, 6.07) is 12.8. The second-order valence-corrected chi connectivity index (χ2v) is 8.39. The third kappa shape index (κ3) is 4.09. The molecule has 2 atom stereocenters. The number of piperidine rings is 1. The van der Waals surface area contributed by atoms with Gasteiger partial charge in [-0.2, -0.15) is 10.4 Å². The Hall–Kier alpha value is -3.67. The normalized spacial score (nSPS) is 18.4. The van der Waals surface area contributed by atoms with Crippen LogP contribution < -0.4 is 10.6 Å². The average molecular weight is 442 g/mol. The van der Waals surface area contributed by atoms with Crippen LogP contribution in [-0.2, 0) is 7.05 Å². The van der Waals surface area contributed by atoms with Gasteiger partial charge in [-0.05, 0) is 50.7 Å². The molecule has 33 heavy (non-hydrogen) atoms. The average Bonchev–Trinajstić information content (AvgIpc) is 3.23. The fourth-order valence-electron chi connectivity index (χ4n) is 4.44. The lowest BCUT2D eigenvalue weighted by Crippen LogP contribution is -2.40. The van der Waals surface area contributed by atoms with Gasteiger partial charge >= 0.3 is 0 Å². The molecule has 3 heterocycles. The van der Waals surface area contributed by atoms with Gasteiger partial charge in [-0.3, -0.25) is 9.67 Å². The molecule has 4 aromatic rings. The van der Waals surface area contributed by atoms with Crippen molar-refractivity contribution in [2.75, 3.05) is 13.6 Å². The van der Waals surface area contributed by atoms with Crippen molar-refractivity contribution in [2.45, 2.75) is 24.9 Å². The summed E-state index contributed by atoms with van der Waals surface area (Å²) in [4.78, 5) is 9.77. The molecule has 8 heteroatoms. The second-order valence-electron chi connectivity index (χ2n) is 8.39. The molecular formula is C25H24FN7. The van der Waals surface area contributed by atoms with E-state index in [9.17, 15) is 4.39 Å². The predicted octanol–water partition coefficient (Wildman–Crippen LogP) is 3.72. The van der Waals surface area contributed by atoms with E-state index >= 15 is 0 Å². The number of aryl methyl sites for hydroxylation is 1. The predicted molar refractivity (Wildman–Crippen MR) is 125 cm³/mol. The van der Waals surface area contributed by atoms with Crippen LogP contribution in [0.3, 0.4) is 0 Å². The molecule has 5 rings (SSSR count). The Labute approximate surface area is 191 Å². The minimum absolute atomic E-state index is 0.00648. The second kappa shape index (κ2) is 8.70. The number of aromatic nitrogens is 4. The summed E-state index contributed by atoms with van der Waals surface area (Å²) < 4.78 is 16.3. The number of hydrogen-bond donors (Lipinski definition) is 2. The van der Waals surface area contributed by atoms with Crippen molar-refractivity contribution in [1.82, 2.24) is 30.4 Å². The Morgan fingerprint density at radius 3 is 2.79 bits per heavy atom. The zero-order valence-corrected chi connectivity index (χ0v) is 18.5. The SMILES string of the molecule is CNC1CCNC(c2cnc(-c3ccc4nn(C)cc4c3)c(-c3ccc(C#N)c(F)c3)n2)C1. The zero-order valence-electron chi connectivity index (χ0n) is 18.5. The molecule has 2 aromatic heterocycles. The summed E-state index contributed by atoms with van der Waals surface area (Å²) >= 11 is 0. The summed E-state index contributed by atoms with van der Waals surface area (Å²) in [6.45, 7) is 0.887. The molecule has 0 spiro atoms. The molecule has 7 nitrogen and oxygen atoms in total. The van der Waals surface area contributed by atoms with Crippen molar-refractivity contribution in [1.29, 1.82) is 5.26 Å². The standard InChI is InChI=1S/C25H24FN7/c1-28-19-7-8-29-22(11-19)23-13-30-24(15-5-6-21-18(9-15)14-33(2)32-21)25(31-23)16-3-4-17(12-27)20(26)10-16/h3-6,9-10,13-14,19,22,28-29H,7-8,11H2,1-2H3. The minimum Gasteiger partial charge on any atom is -0.317 e. The Bertz CT molecular complexity index is 1370. The number of hydrogen-bond acceptors (Lipinski definition) is 6. The highest BCUT2D eigenvalue weighted by atomic mass is 19.1. The van der Waals surface area contributed by atoms with Gasteiger partial charge in [0.2, 0.25) is 0 Å². The maximum Gasteiger partial charge on any atom is 0.141 e. The Kier molecular flexibility index (Phi) is 5.58. The van der Waals surface area contributed by atoms with Crippen molar-refractivity contribution >= 4 is 10.9 Å². The van der Waals surface area contributed by atoms with Gasteiger partial charge in [0.1, 0.15) is 11.9 Å². The molecular weight excluding hydrogens is 417 g/mol. The van der Waals surface area contributed by atoms with Crippen LogP contribution >= 0.6 is 0 Å². The largest absolute Gasteiger partial charge is 0.317 e. The van der Waals surface area contributed by atoms with Gasteiger partial charge in [-0.15, -0.1) is 0 Å². The first-order valence-corrected chi connectivity index (χ1v) is 11.0. The highest BCUT2D eigenvalue weighted by Crippen LogP contribution is 2.33. The molecule has 2 unspecified atom stereocenters. The fourth-order valence-corrected chi connectivity index (χ4v) is 4.44. The molecule has 2 N–H and O–H groups in total. The van der Waals surface area contributed by atoms with E-state index in [4.69, 9.17) is 15.2 Å². The van der Waals surface area contributed by atoms with E-state index in [-0.39, 0.29) is 11.6 Å². The van der Waals surface area contributed by atoms with Crippen LogP contribution in [0.15, 0.2) is 48.8 Å². The minimum atomic E-state index is -0.568. The molecule has 1 aliphatic heterocycles. The van der Waals surface area contributed by atoms with E-state index in [1.54, 1.807) is 10.7 Å². The van der Waals surface area contributed by atoms with Crippen LogP contribution in [-0.4, -0.2) is 39.4 Å². The van der Waals surface area contributed by atoms with Gasteiger partial charge in [0, 0.05) is 35.8 Å². The summed E-state index contributed by atoms with van der Waals surface area (Å²) in [5.41, 5.74) is 4.43. The van der Waals surface area contributed by atoms with Crippen LogP contribution in [0.5, 0.6) is 0 Å². The summed E-state index contributed by atoms with van der Waals surface area (Å²) in [5, 5.41) is 21.4. The first-order valence-electron chi connectivity index (χ1n) is 11.0. The smallest absolute Gasteiger partial charge is 0.141 e. The lowest BCUT2D eigenvalue weighted by atomic mass is 9.96. The number of nitriles is 1. The van der Waals surface area contributed by atoms with E-state index < -0.39 is 5.82 Å². The third-order valence-corrected chi connectivity index (χ3v) is 6.22. The monoisotopic (exact) mass is 441 g/mol. The van der Waals surface area contributed by atoms with Crippen molar-refractivity contribution in [3.63, 3.8) is 0 Å². The van der Waals surface area contributed by atoms with Gasteiger partial charge in [0.05, 0.1) is 40.4 Å². The topological polar surface area (TPSA) is 91.5 Å². The lowest BCUT2D eigenvalue weighted by molar-refractivity contribution is 0.332.